The molecule has 1 saturated heterocycles. The molecule has 4 rings (SSSR count). The quantitative estimate of drug-likeness (QED) is 0.384. The standard InChI is InChI=1S/C27H30N2O2.HI/c1-29(21-22-11-5-2-6-12-22)19-17-25(18-20-29)31-27(30)28-26(23-13-7-3-8-14-23)24-15-9-4-10-16-24;/h2-16,25-26H,17-21H2,1H3;1H. The van der Waals surface area contributed by atoms with Gasteiger partial charge in [0.05, 0.1) is 26.2 Å². The average molecular weight is 542 g/mol. The highest BCUT2D eigenvalue weighted by Gasteiger charge is 2.32. The summed E-state index contributed by atoms with van der Waals surface area (Å²) >= 11 is 0. The summed E-state index contributed by atoms with van der Waals surface area (Å²) in [6, 6.07) is 30.5. The minimum absolute atomic E-state index is 0. The number of amides is 1. The van der Waals surface area contributed by atoms with Gasteiger partial charge in [0.1, 0.15) is 12.6 Å². The lowest BCUT2D eigenvalue weighted by atomic mass is 9.99. The van der Waals surface area contributed by atoms with Crippen LogP contribution in [0.2, 0.25) is 0 Å². The van der Waals surface area contributed by atoms with Crippen LogP contribution in [0.3, 0.4) is 0 Å². The monoisotopic (exact) mass is 542 g/mol. The number of ether oxygens (including phenoxy) is 1. The SMILES string of the molecule is C[N+]1(Cc2ccccc2)CCC(OC(=O)NC(c2ccccc2)c2ccccc2)CC1.[I-]. The molecule has 0 saturated carbocycles. The summed E-state index contributed by atoms with van der Waals surface area (Å²) in [7, 11) is 2.30. The molecule has 0 unspecified atom stereocenters. The summed E-state index contributed by atoms with van der Waals surface area (Å²) in [6.07, 6.45) is 1.40. The van der Waals surface area contributed by atoms with Crippen LogP contribution < -0.4 is 29.3 Å². The number of nitrogens with zero attached hydrogens (tertiary/aromatic N) is 1. The Labute approximate surface area is 208 Å². The second-order valence-corrected chi connectivity index (χ2v) is 8.71. The third kappa shape index (κ3) is 6.56. The lowest BCUT2D eigenvalue weighted by molar-refractivity contribution is -0.927. The lowest BCUT2D eigenvalue weighted by Crippen LogP contribution is -3.00. The van der Waals surface area contributed by atoms with E-state index in [1.165, 1.54) is 5.56 Å². The van der Waals surface area contributed by atoms with E-state index in [0.29, 0.717) is 0 Å². The smallest absolute Gasteiger partial charge is 0.408 e. The predicted molar refractivity (Wildman–Crippen MR) is 123 cm³/mol. The van der Waals surface area contributed by atoms with Gasteiger partial charge in [0, 0.05) is 18.4 Å². The molecule has 0 spiro atoms. The van der Waals surface area contributed by atoms with E-state index < -0.39 is 0 Å². The number of rotatable bonds is 6. The summed E-state index contributed by atoms with van der Waals surface area (Å²) in [5.41, 5.74) is 3.44. The zero-order chi connectivity index (χ0) is 21.5. The fraction of sp³-hybridized carbons (Fsp3) is 0.296. The highest BCUT2D eigenvalue weighted by molar-refractivity contribution is 5.69. The van der Waals surface area contributed by atoms with Gasteiger partial charge in [0.2, 0.25) is 0 Å². The zero-order valence-electron chi connectivity index (χ0n) is 18.5. The van der Waals surface area contributed by atoms with Crippen molar-refractivity contribution < 1.29 is 38.0 Å². The van der Waals surface area contributed by atoms with Gasteiger partial charge in [-0.2, -0.15) is 0 Å². The molecule has 1 aliphatic heterocycles. The maximum Gasteiger partial charge on any atom is 0.408 e. The van der Waals surface area contributed by atoms with E-state index in [2.05, 4.69) is 42.7 Å². The van der Waals surface area contributed by atoms with Crippen LogP contribution in [0.25, 0.3) is 0 Å². The number of quaternary nitrogens is 1. The Hall–Kier alpha value is -2.38. The van der Waals surface area contributed by atoms with Gasteiger partial charge in [-0.15, -0.1) is 0 Å². The molecule has 0 aromatic heterocycles. The molecule has 0 aliphatic carbocycles. The van der Waals surface area contributed by atoms with Crippen molar-refractivity contribution in [2.24, 2.45) is 0 Å². The second kappa shape index (κ2) is 11.5. The fourth-order valence-corrected chi connectivity index (χ4v) is 4.42. The third-order valence-corrected chi connectivity index (χ3v) is 6.19. The largest absolute Gasteiger partial charge is 1.00 e. The summed E-state index contributed by atoms with van der Waals surface area (Å²) in [5.74, 6) is 0. The predicted octanol–water partition coefficient (Wildman–Crippen LogP) is 2.32. The number of alkyl carbamates (subject to hydrolysis) is 1. The summed E-state index contributed by atoms with van der Waals surface area (Å²) in [6.45, 7) is 3.03. The number of halogens is 1. The molecule has 4 nitrogen and oxygen atoms in total. The first-order valence-electron chi connectivity index (χ1n) is 11.1. The minimum Gasteiger partial charge on any atom is -1.00 e. The lowest BCUT2D eigenvalue weighted by Gasteiger charge is -2.40. The third-order valence-electron chi connectivity index (χ3n) is 6.19. The number of piperidine rings is 1. The molecule has 3 aromatic rings. The average Bonchev–Trinajstić information content (AvgIpc) is 2.81. The van der Waals surface area contributed by atoms with E-state index >= 15 is 0 Å². The second-order valence-electron chi connectivity index (χ2n) is 8.71. The highest BCUT2D eigenvalue weighted by atomic mass is 127. The van der Waals surface area contributed by atoms with Gasteiger partial charge in [-0.1, -0.05) is 91.0 Å². The Morgan fingerprint density at radius 3 is 1.84 bits per heavy atom. The van der Waals surface area contributed by atoms with Gasteiger partial charge in [-0.05, 0) is 11.1 Å². The molecular formula is C27H31IN2O2. The first-order valence-corrected chi connectivity index (χ1v) is 11.1. The van der Waals surface area contributed by atoms with Crippen LogP contribution >= 0.6 is 0 Å². The molecule has 0 atom stereocenters. The topological polar surface area (TPSA) is 38.3 Å². The Kier molecular flexibility index (Phi) is 8.70. The molecule has 1 N–H and O–H groups in total. The molecule has 0 bridgehead atoms. The molecule has 168 valence electrons. The van der Waals surface area contributed by atoms with Crippen LogP contribution in [0, 0.1) is 0 Å². The molecule has 1 amide bonds. The van der Waals surface area contributed by atoms with Crippen LogP contribution in [0.5, 0.6) is 0 Å². The van der Waals surface area contributed by atoms with Crippen molar-refractivity contribution in [1.29, 1.82) is 0 Å². The highest BCUT2D eigenvalue weighted by Crippen LogP contribution is 2.25. The van der Waals surface area contributed by atoms with Gasteiger partial charge in [-0.25, -0.2) is 4.79 Å². The molecule has 1 fully saturated rings. The summed E-state index contributed by atoms with van der Waals surface area (Å²) in [5, 5.41) is 3.09. The number of carbonyl (C=O) groups excluding carboxylic acids is 1. The summed E-state index contributed by atoms with van der Waals surface area (Å²) < 4.78 is 6.84. The van der Waals surface area contributed by atoms with Gasteiger partial charge in [0.15, 0.2) is 0 Å². The number of hydrogen-bond acceptors (Lipinski definition) is 2. The van der Waals surface area contributed by atoms with Gasteiger partial charge in [-0.3, -0.25) is 0 Å². The van der Waals surface area contributed by atoms with Crippen molar-refractivity contribution in [3.8, 4) is 0 Å². The van der Waals surface area contributed by atoms with Crippen LogP contribution in [0.15, 0.2) is 91.0 Å². The Morgan fingerprint density at radius 1 is 0.875 bits per heavy atom. The number of likely N-dealkylation sites (tertiary alicyclic amines) is 1. The van der Waals surface area contributed by atoms with E-state index in [1.54, 1.807) is 0 Å². The number of nitrogens with one attached hydrogen (secondary N) is 1. The van der Waals surface area contributed by atoms with E-state index in [4.69, 9.17) is 4.74 Å². The zero-order valence-corrected chi connectivity index (χ0v) is 20.6. The van der Waals surface area contributed by atoms with E-state index in [1.807, 2.05) is 60.7 Å². The number of carbonyl (C=O) groups is 1. The number of benzene rings is 3. The fourth-order valence-electron chi connectivity index (χ4n) is 4.42. The van der Waals surface area contributed by atoms with Crippen LogP contribution in [0.4, 0.5) is 4.79 Å². The van der Waals surface area contributed by atoms with Crippen molar-refractivity contribution in [2.75, 3.05) is 20.1 Å². The van der Waals surface area contributed by atoms with Gasteiger partial charge < -0.3 is 38.5 Å². The Balaban J connectivity index is 0.00000289. The van der Waals surface area contributed by atoms with Crippen LogP contribution in [-0.2, 0) is 11.3 Å². The van der Waals surface area contributed by atoms with E-state index in [0.717, 1.165) is 48.1 Å². The maximum atomic E-state index is 12.8. The molecule has 32 heavy (non-hydrogen) atoms. The Morgan fingerprint density at radius 2 is 1.34 bits per heavy atom. The van der Waals surface area contributed by atoms with E-state index in [9.17, 15) is 4.79 Å². The van der Waals surface area contributed by atoms with Crippen molar-refractivity contribution in [1.82, 2.24) is 5.32 Å². The number of hydrogen-bond donors (Lipinski definition) is 1. The Bertz CT molecular complexity index is 919. The summed E-state index contributed by atoms with van der Waals surface area (Å²) in [4.78, 5) is 12.8. The van der Waals surface area contributed by atoms with Crippen molar-refractivity contribution in [2.45, 2.75) is 31.5 Å². The first kappa shape index (κ1) is 24.3. The molecule has 3 aromatic carbocycles. The molecule has 5 heteroatoms. The molecule has 1 aliphatic rings. The molecule has 0 radical (unpaired) electrons. The van der Waals surface area contributed by atoms with Crippen molar-refractivity contribution >= 4 is 6.09 Å². The van der Waals surface area contributed by atoms with Crippen molar-refractivity contribution in [3.63, 3.8) is 0 Å². The van der Waals surface area contributed by atoms with Crippen LogP contribution in [0.1, 0.15) is 35.6 Å². The van der Waals surface area contributed by atoms with E-state index in [-0.39, 0.29) is 42.2 Å². The normalized spacial score (nSPS) is 20.2. The molecule has 1 heterocycles. The first-order chi connectivity index (χ1) is 15.1. The minimum atomic E-state index is -0.345. The maximum absolute atomic E-state index is 12.8. The molecular weight excluding hydrogens is 511 g/mol. The van der Waals surface area contributed by atoms with Crippen molar-refractivity contribution in [3.05, 3.63) is 108 Å². The van der Waals surface area contributed by atoms with Gasteiger partial charge >= 0.3 is 6.09 Å². The van der Waals surface area contributed by atoms with Gasteiger partial charge in [0.25, 0.3) is 0 Å². The van der Waals surface area contributed by atoms with Crippen LogP contribution in [-0.4, -0.2) is 36.8 Å².